The Kier molecular flexibility index (Phi) is 5.28. The number of halogens is 1. The molecular formula is C20H17ClN3OS2+. The van der Waals surface area contributed by atoms with Crippen LogP contribution in [-0.4, -0.2) is 19.0 Å². The molecule has 1 aliphatic heterocycles. The highest BCUT2D eigenvalue weighted by molar-refractivity contribution is 7.10. The molecule has 1 unspecified atom stereocenters. The summed E-state index contributed by atoms with van der Waals surface area (Å²) in [6.07, 6.45) is 1.00. The van der Waals surface area contributed by atoms with E-state index >= 15 is 0 Å². The van der Waals surface area contributed by atoms with Gasteiger partial charge in [-0.3, -0.25) is 4.79 Å². The Bertz CT molecular complexity index is 1010. The van der Waals surface area contributed by atoms with Crippen molar-refractivity contribution in [1.29, 1.82) is 5.26 Å². The molecule has 0 saturated heterocycles. The van der Waals surface area contributed by atoms with E-state index in [-0.39, 0.29) is 11.9 Å². The summed E-state index contributed by atoms with van der Waals surface area (Å²) in [6.45, 7) is 1.31. The lowest BCUT2D eigenvalue weighted by Crippen LogP contribution is -3.14. The van der Waals surface area contributed by atoms with E-state index in [1.807, 2.05) is 6.07 Å². The van der Waals surface area contributed by atoms with E-state index in [4.69, 9.17) is 16.9 Å². The van der Waals surface area contributed by atoms with Crippen LogP contribution in [0.5, 0.6) is 0 Å². The third kappa shape index (κ3) is 3.78. The number of thiophene rings is 2. The lowest BCUT2D eigenvalue weighted by Gasteiger charge is -2.31. The number of anilines is 1. The van der Waals surface area contributed by atoms with Gasteiger partial charge in [-0.15, -0.1) is 22.7 Å². The van der Waals surface area contributed by atoms with Crippen molar-refractivity contribution >= 4 is 45.9 Å². The minimum Gasteiger partial charge on any atom is -0.321 e. The zero-order valence-corrected chi connectivity index (χ0v) is 16.8. The van der Waals surface area contributed by atoms with E-state index in [1.165, 1.54) is 20.2 Å². The molecule has 0 bridgehead atoms. The van der Waals surface area contributed by atoms with Gasteiger partial charge < -0.3 is 10.2 Å². The molecule has 7 heteroatoms. The van der Waals surface area contributed by atoms with Gasteiger partial charge in [-0.25, -0.2) is 0 Å². The number of fused-ring (bicyclic) bond motifs is 1. The molecule has 1 aromatic carbocycles. The van der Waals surface area contributed by atoms with Crippen LogP contribution in [0.15, 0.2) is 47.2 Å². The molecule has 0 saturated carbocycles. The minimum atomic E-state index is -0.0500. The average molecular weight is 415 g/mol. The number of nitriles is 1. The molecule has 2 N–H and O–H groups in total. The molecular weight excluding hydrogens is 398 g/mol. The fourth-order valence-corrected chi connectivity index (χ4v) is 5.59. The molecule has 4 nitrogen and oxygen atoms in total. The zero-order valence-electron chi connectivity index (χ0n) is 14.4. The Morgan fingerprint density at radius 1 is 1.30 bits per heavy atom. The van der Waals surface area contributed by atoms with Crippen molar-refractivity contribution in [2.75, 3.05) is 18.4 Å². The first-order valence-corrected chi connectivity index (χ1v) is 10.7. The SMILES string of the molecule is N#Cc1ccc(NC(=O)C[NH+]2CCc3sccc3[C@H]2c2cccs2)cc1Cl. The highest BCUT2D eigenvalue weighted by Crippen LogP contribution is 2.31. The Labute approximate surface area is 170 Å². The van der Waals surface area contributed by atoms with Crippen molar-refractivity contribution in [2.24, 2.45) is 0 Å². The fraction of sp³-hybridized carbons (Fsp3) is 0.200. The molecule has 27 heavy (non-hydrogen) atoms. The molecule has 0 aliphatic carbocycles. The molecule has 1 aliphatic rings. The standard InChI is InChI=1S/C20H16ClN3OS2/c21-16-10-14(4-3-13(16)11-22)23-19(25)12-24-7-5-17-15(6-9-27-17)20(24)18-2-1-8-26-18/h1-4,6,8-10,20H,5,7,12H2,(H,23,25)/p+1/t20-/m0/s1. The molecule has 0 radical (unpaired) electrons. The first-order chi connectivity index (χ1) is 13.2. The normalized spacial score (nSPS) is 18.5. The molecule has 2 aromatic heterocycles. The summed E-state index contributed by atoms with van der Waals surface area (Å²) >= 11 is 9.61. The van der Waals surface area contributed by atoms with Crippen molar-refractivity contribution in [2.45, 2.75) is 12.5 Å². The molecule has 0 spiro atoms. The topological polar surface area (TPSA) is 57.3 Å². The van der Waals surface area contributed by atoms with E-state index in [1.54, 1.807) is 40.9 Å². The first-order valence-electron chi connectivity index (χ1n) is 8.59. The van der Waals surface area contributed by atoms with Gasteiger partial charge in [0.15, 0.2) is 6.54 Å². The quantitative estimate of drug-likeness (QED) is 0.686. The second-order valence-electron chi connectivity index (χ2n) is 6.44. The minimum absolute atomic E-state index is 0.0500. The lowest BCUT2D eigenvalue weighted by molar-refractivity contribution is -0.919. The van der Waals surface area contributed by atoms with Crippen molar-refractivity contribution in [3.8, 4) is 6.07 Å². The number of benzene rings is 1. The van der Waals surface area contributed by atoms with E-state index < -0.39 is 0 Å². The van der Waals surface area contributed by atoms with Crippen LogP contribution in [0, 0.1) is 11.3 Å². The predicted octanol–water partition coefficient (Wildman–Crippen LogP) is 3.50. The summed E-state index contributed by atoms with van der Waals surface area (Å²) in [5, 5.41) is 16.5. The van der Waals surface area contributed by atoms with Crippen LogP contribution in [0.1, 0.15) is 26.9 Å². The Morgan fingerprint density at radius 3 is 2.93 bits per heavy atom. The summed E-state index contributed by atoms with van der Waals surface area (Å²) in [7, 11) is 0. The van der Waals surface area contributed by atoms with Crippen LogP contribution in [-0.2, 0) is 11.2 Å². The van der Waals surface area contributed by atoms with Gasteiger partial charge in [0.05, 0.1) is 22.0 Å². The number of carbonyl (C=O) groups is 1. The molecule has 4 rings (SSSR count). The number of hydrogen-bond donors (Lipinski definition) is 2. The first kappa shape index (κ1) is 18.2. The number of hydrogen-bond acceptors (Lipinski definition) is 4. The Hall–Kier alpha value is -2.17. The number of rotatable bonds is 4. The van der Waals surface area contributed by atoms with Gasteiger partial charge in [0, 0.05) is 22.5 Å². The van der Waals surface area contributed by atoms with Gasteiger partial charge in [-0.1, -0.05) is 17.7 Å². The van der Waals surface area contributed by atoms with Crippen LogP contribution in [0.3, 0.4) is 0 Å². The van der Waals surface area contributed by atoms with Gasteiger partial charge in [0.1, 0.15) is 12.1 Å². The Balaban J connectivity index is 1.52. The van der Waals surface area contributed by atoms with Crippen molar-refractivity contribution in [1.82, 2.24) is 0 Å². The van der Waals surface area contributed by atoms with Crippen LogP contribution < -0.4 is 10.2 Å². The van der Waals surface area contributed by atoms with Crippen LogP contribution in [0.4, 0.5) is 5.69 Å². The maximum absolute atomic E-state index is 12.7. The van der Waals surface area contributed by atoms with E-state index in [0.29, 0.717) is 22.8 Å². The van der Waals surface area contributed by atoms with Crippen molar-refractivity contribution in [3.05, 3.63) is 73.1 Å². The largest absolute Gasteiger partial charge is 0.321 e. The Morgan fingerprint density at radius 2 is 2.19 bits per heavy atom. The fourth-order valence-electron chi connectivity index (χ4n) is 3.54. The number of nitrogens with one attached hydrogen (secondary N) is 2. The van der Waals surface area contributed by atoms with Gasteiger partial charge in [-0.05, 0) is 41.1 Å². The van der Waals surface area contributed by atoms with Crippen molar-refractivity contribution in [3.63, 3.8) is 0 Å². The zero-order chi connectivity index (χ0) is 18.8. The maximum Gasteiger partial charge on any atom is 0.279 e. The maximum atomic E-state index is 12.7. The summed E-state index contributed by atoms with van der Waals surface area (Å²) < 4.78 is 0. The molecule has 2 atom stereocenters. The third-order valence-corrected chi connectivity index (χ3v) is 7.01. The van der Waals surface area contributed by atoms with Gasteiger partial charge in [0.2, 0.25) is 0 Å². The summed E-state index contributed by atoms with van der Waals surface area (Å²) in [5.74, 6) is -0.0500. The highest BCUT2D eigenvalue weighted by Gasteiger charge is 2.35. The summed E-state index contributed by atoms with van der Waals surface area (Å²) in [5.41, 5.74) is 2.36. The van der Waals surface area contributed by atoms with E-state index in [9.17, 15) is 4.79 Å². The monoisotopic (exact) mass is 414 g/mol. The average Bonchev–Trinajstić information content (AvgIpc) is 3.33. The van der Waals surface area contributed by atoms with Gasteiger partial charge in [0.25, 0.3) is 5.91 Å². The second kappa shape index (κ2) is 7.83. The molecule has 136 valence electrons. The molecule has 3 aromatic rings. The number of amides is 1. The predicted molar refractivity (Wildman–Crippen MR) is 110 cm³/mol. The lowest BCUT2D eigenvalue weighted by atomic mass is 9.98. The smallest absolute Gasteiger partial charge is 0.279 e. The van der Waals surface area contributed by atoms with Crippen LogP contribution >= 0.6 is 34.3 Å². The summed E-state index contributed by atoms with van der Waals surface area (Å²) in [6, 6.07) is 13.6. The van der Waals surface area contributed by atoms with Crippen LogP contribution in [0.25, 0.3) is 0 Å². The third-order valence-electron chi connectivity index (χ3n) is 4.76. The molecule has 1 amide bonds. The molecule has 0 fully saturated rings. The number of carbonyl (C=O) groups excluding carboxylic acids is 1. The van der Waals surface area contributed by atoms with Crippen LogP contribution in [0.2, 0.25) is 5.02 Å². The number of quaternary nitrogens is 1. The van der Waals surface area contributed by atoms with E-state index in [2.05, 4.69) is 34.3 Å². The summed E-state index contributed by atoms with van der Waals surface area (Å²) in [4.78, 5) is 16.6. The van der Waals surface area contributed by atoms with E-state index in [0.717, 1.165) is 13.0 Å². The second-order valence-corrected chi connectivity index (χ2v) is 8.82. The van der Waals surface area contributed by atoms with Gasteiger partial charge >= 0.3 is 0 Å². The molecule has 3 heterocycles. The highest BCUT2D eigenvalue weighted by atomic mass is 35.5. The van der Waals surface area contributed by atoms with Crippen molar-refractivity contribution < 1.29 is 9.69 Å². The van der Waals surface area contributed by atoms with Gasteiger partial charge in [-0.2, -0.15) is 5.26 Å². The number of nitrogens with zero attached hydrogens (tertiary/aromatic N) is 1.